The molecular formula is C26H25ClFN7O3. The molecular weight excluding hydrogens is 513 g/mol. The standard InChI is InChI=1S/C26H25ClFN7O3/c1-16-29-15-34(32-16)22-11-8-19(35(36)37)14-23(22)38-13-3-12-33(2)25-21-10-9-20(24(21)30-26(27)31-25)17-4-6-18(28)7-5-17/h4-8,11,14-15,20H,3,9-10,12-13H2,1-2H3. The highest BCUT2D eigenvalue weighted by atomic mass is 35.5. The summed E-state index contributed by atoms with van der Waals surface area (Å²) in [5, 5.41) is 15.8. The molecule has 1 aliphatic carbocycles. The van der Waals surface area contributed by atoms with Crippen molar-refractivity contribution in [2.75, 3.05) is 25.1 Å². The second-order valence-corrected chi connectivity index (χ2v) is 9.43. The van der Waals surface area contributed by atoms with Crippen LogP contribution in [0.2, 0.25) is 5.28 Å². The van der Waals surface area contributed by atoms with Crippen molar-refractivity contribution in [3.05, 3.63) is 92.7 Å². The van der Waals surface area contributed by atoms with E-state index in [9.17, 15) is 14.5 Å². The minimum Gasteiger partial charge on any atom is -0.491 e. The van der Waals surface area contributed by atoms with E-state index in [1.54, 1.807) is 25.1 Å². The molecule has 1 aliphatic rings. The number of nitro groups is 1. The number of ether oxygens (including phenoxy) is 1. The first-order valence-electron chi connectivity index (χ1n) is 12.1. The van der Waals surface area contributed by atoms with E-state index >= 15 is 0 Å². The third-order valence-corrected chi connectivity index (χ3v) is 6.71. The first-order chi connectivity index (χ1) is 18.3. The summed E-state index contributed by atoms with van der Waals surface area (Å²) in [7, 11) is 1.93. The summed E-state index contributed by atoms with van der Waals surface area (Å²) in [5.74, 6) is 1.45. The van der Waals surface area contributed by atoms with Gasteiger partial charge in [-0.25, -0.2) is 24.0 Å². The molecule has 0 bridgehead atoms. The van der Waals surface area contributed by atoms with Crippen LogP contribution in [0.25, 0.3) is 5.69 Å². The molecule has 0 saturated carbocycles. The van der Waals surface area contributed by atoms with Crippen molar-refractivity contribution < 1.29 is 14.1 Å². The fourth-order valence-corrected chi connectivity index (χ4v) is 4.89. The van der Waals surface area contributed by atoms with Gasteiger partial charge in [-0.15, -0.1) is 0 Å². The maximum absolute atomic E-state index is 13.4. The Hall–Kier alpha value is -4.12. The van der Waals surface area contributed by atoms with Crippen molar-refractivity contribution in [3.63, 3.8) is 0 Å². The highest BCUT2D eigenvalue weighted by Gasteiger charge is 2.30. The van der Waals surface area contributed by atoms with Gasteiger partial charge in [-0.2, -0.15) is 5.10 Å². The van der Waals surface area contributed by atoms with Gasteiger partial charge in [0.15, 0.2) is 5.75 Å². The van der Waals surface area contributed by atoms with Crippen LogP contribution in [-0.2, 0) is 6.42 Å². The van der Waals surface area contributed by atoms with Crippen molar-refractivity contribution in [2.45, 2.75) is 32.1 Å². The van der Waals surface area contributed by atoms with Gasteiger partial charge in [-0.1, -0.05) is 12.1 Å². The van der Waals surface area contributed by atoms with E-state index in [1.165, 1.54) is 35.3 Å². The number of nitro benzene ring substituents is 1. The third-order valence-electron chi connectivity index (χ3n) is 6.54. The first-order valence-corrected chi connectivity index (χ1v) is 12.5. The summed E-state index contributed by atoms with van der Waals surface area (Å²) in [5.41, 5.74) is 3.40. The molecule has 0 N–H and O–H groups in total. The van der Waals surface area contributed by atoms with Crippen LogP contribution in [0.1, 0.15) is 41.4 Å². The summed E-state index contributed by atoms with van der Waals surface area (Å²) in [6.45, 7) is 2.68. The number of nitrogens with zero attached hydrogens (tertiary/aromatic N) is 7. The molecule has 2 aromatic carbocycles. The van der Waals surface area contributed by atoms with Crippen LogP contribution < -0.4 is 9.64 Å². The predicted molar refractivity (Wildman–Crippen MR) is 140 cm³/mol. The molecule has 38 heavy (non-hydrogen) atoms. The van der Waals surface area contributed by atoms with E-state index in [2.05, 4.69) is 20.1 Å². The minimum absolute atomic E-state index is 0.0364. The van der Waals surface area contributed by atoms with Crippen LogP contribution in [0.3, 0.4) is 0 Å². The number of aromatic nitrogens is 5. The van der Waals surface area contributed by atoms with Crippen LogP contribution in [-0.4, -0.2) is 49.9 Å². The molecule has 4 aromatic rings. The zero-order chi connectivity index (χ0) is 26.8. The van der Waals surface area contributed by atoms with Crippen LogP contribution in [0.15, 0.2) is 48.8 Å². The average molecular weight is 538 g/mol. The molecule has 0 aliphatic heterocycles. The van der Waals surface area contributed by atoms with Crippen LogP contribution in [0.5, 0.6) is 5.75 Å². The van der Waals surface area contributed by atoms with Crippen molar-refractivity contribution in [1.82, 2.24) is 24.7 Å². The van der Waals surface area contributed by atoms with Crippen LogP contribution in [0.4, 0.5) is 15.9 Å². The number of halogens is 2. The van der Waals surface area contributed by atoms with Crippen molar-refractivity contribution in [1.29, 1.82) is 0 Å². The number of non-ortho nitro benzene ring substituents is 1. The Bertz CT molecular complexity index is 1480. The van der Waals surface area contributed by atoms with Gasteiger partial charge in [-0.05, 0) is 61.5 Å². The number of aryl methyl sites for hydroxylation is 1. The molecule has 1 atom stereocenters. The fraction of sp³-hybridized carbons (Fsp3) is 0.308. The van der Waals surface area contributed by atoms with E-state index < -0.39 is 4.92 Å². The minimum atomic E-state index is -0.463. The number of anilines is 1. The number of hydrogen-bond acceptors (Lipinski definition) is 8. The maximum Gasteiger partial charge on any atom is 0.273 e. The topological polar surface area (TPSA) is 112 Å². The molecule has 5 rings (SSSR count). The number of fused-ring (bicyclic) bond motifs is 1. The largest absolute Gasteiger partial charge is 0.491 e. The lowest BCUT2D eigenvalue weighted by Gasteiger charge is -2.22. The molecule has 0 saturated heterocycles. The fourth-order valence-electron chi connectivity index (χ4n) is 4.72. The zero-order valence-electron chi connectivity index (χ0n) is 20.8. The Kier molecular flexibility index (Phi) is 7.19. The molecule has 1 unspecified atom stereocenters. The van der Waals surface area contributed by atoms with E-state index in [4.69, 9.17) is 16.3 Å². The Morgan fingerprint density at radius 3 is 2.74 bits per heavy atom. The van der Waals surface area contributed by atoms with Crippen molar-refractivity contribution in [3.8, 4) is 11.4 Å². The molecule has 0 amide bonds. The van der Waals surface area contributed by atoms with E-state index in [1.807, 2.05) is 11.9 Å². The molecule has 2 aromatic heterocycles. The Balaban J connectivity index is 1.28. The molecule has 12 heteroatoms. The summed E-state index contributed by atoms with van der Waals surface area (Å²) >= 11 is 6.31. The predicted octanol–water partition coefficient (Wildman–Crippen LogP) is 5.05. The van der Waals surface area contributed by atoms with Gasteiger partial charge >= 0.3 is 0 Å². The summed E-state index contributed by atoms with van der Waals surface area (Å²) in [6, 6.07) is 10.9. The van der Waals surface area contributed by atoms with E-state index in [0.717, 1.165) is 35.5 Å². The normalized spacial score (nSPS) is 14.4. The number of benzene rings is 2. The Morgan fingerprint density at radius 1 is 1.24 bits per heavy atom. The molecule has 0 radical (unpaired) electrons. The van der Waals surface area contributed by atoms with Crippen molar-refractivity contribution in [2.24, 2.45) is 0 Å². The SMILES string of the molecule is Cc1ncn(-c2ccc([N+](=O)[O-])cc2OCCCN(C)c2nc(Cl)nc3c2CCC3c2ccc(F)cc2)n1. The van der Waals surface area contributed by atoms with E-state index in [-0.39, 0.29) is 22.7 Å². The van der Waals surface area contributed by atoms with Gasteiger partial charge in [0.05, 0.1) is 23.3 Å². The van der Waals surface area contributed by atoms with Gasteiger partial charge in [0, 0.05) is 31.1 Å². The Labute approximate surface area is 223 Å². The summed E-state index contributed by atoms with van der Waals surface area (Å²) < 4.78 is 20.9. The van der Waals surface area contributed by atoms with Gasteiger partial charge in [0.1, 0.15) is 29.5 Å². The highest BCUT2D eigenvalue weighted by Crippen LogP contribution is 2.41. The lowest BCUT2D eigenvalue weighted by atomic mass is 9.97. The quantitative estimate of drug-likeness (QED) is 0.126. The second kappa shape index (κ2) is 10.7. The molecule has 2 heterocycles. The smallest absolute Gasteiger partial charge is 0.273 e. The zero-order valence-corrected chi connectivity index (χ0v) is 21.6. The maximum atomic E-state index is 13.4. The van der Waals surface area contributed by atoms with Gasteiger partial charge in [0.2, 0.25) is 5.28 Å². The molecule has 0 spiro atoms. The summed E-state index contributed by atoms with van der Waals surface area (Å²) in [6.07, 6.45) is 3.79. The van der Waals surface area contributed by atoms with Gasteiger partial charge in [0.25, 0.3) is 5.69 Å². The first kappa shape index (κ1) is 25.5. The van der Waals surface area contributed by atoms with Crippen molar-refractivity contribution >= 4 is 23.1 Å². The van der Waals surface area contributed by atoms with Gasteiger partial charge < -0.3 is 9.64 Å². The molecule has 196 valence electrons. The lowest BCUT2D eigenvalue weighted by Crippen LogP contribution is -2.23. The highest BCUT2D eigenvalue weighted by molar-refractivity contribution is 6.28. The number of rotatable bonds is 9. The molecule has 10 nitrogen and oxygen atoms in total. The second-order valence-electron chi connectivity index (χ2n) is 9.09. The molecule has 0 fully saturated rings. The third kappa shape index (κ3) is 5.28. The average Bonchev–Trinajstić information content (AvgIpc) is 3.52. The Morgan fingerprint density at radius 2 is 2.03 bits per heavy atom. The summed E-state index contributed by atoms with van der Waals surface area (Å²) in [4.78, 5) is 26.0. The van der Waals surface area contributed by atoms with Gasteiger partial charge in [-0.3, -0.25) is 10.1 Å². The monoisotopic (exact) mass is 537 g/mol. The number of hydrogen-bond donors (Lipinski definition) is 0. The van der Waals surface area contributed by atoms with E-state index in [0.29, 0.717) is 36.8 Å². The van der Waals surface area contributed by atoms with Crippen LogP contribution >= 0.6 is 11.6 Å². The van der Waals surface area contributed by atoms with Crippen LogP contribution in [0, 0.1) is 22.9 Å². The lowest BCUT2D eigenvalue weighted by molar-refractivity contribution is -0.384.